The van der Waals surface area contributed by atoms with Crippen molar-refractivity contribution in [1.82, 2.24) is 29.7 Å². The number of aromatic nitrogens is 5. The van der Waals surface area contributed by atoms with Gasteiger partial charge in [0.15, 0.2) is 5.65 Å². The maximum atomic E-state index is 12.7. The number of aryl methyl sites for hydroxylation is 1. The number of rotatable bonds is 6. The number of pyridine rings is 1. The Labute approximate surface area is 163 Å². The molecule has 4 aromatic rings. The molecule has 1 N–H and O–H groups in total. The molecule has 0 saturated carbocycles. The third-order valence-electron chi connectivity index (χ3n) is 4.75. The van der Waals surface area contributed by atoms with E-state index in [1.165, 1.54) is 5.56 Å². The van der Waals surface area contributed by atoms with Crippen molar-refractivity contribution in [2.45, 2.75) is 26.7 Å². The van der Waals surface area contributed by atoms with Crippen LogP contribution >= 0.6 is 0 Å². The maximum Gasteiger partial charge on any atom is 0.254 e. The minimum Gasteiger partial charge on any atom is -0.351 e. The number of benzene rings is 1. The summed E-state index contributed by atoms with van der Waals surface area (Å²) in [5.41, 5.74) is 4.45. The highest BCUT2D eigenvalue weighted by molar-refractivity contribution is 5.95. The zero-order valence-electron chi connectivity index (χ0n) is 16.0. The maximum absolute atomic E-state index is 12.7. The van der Waals surface area contributed by atoms with Crippen LogP contribution in [0.25, 0.3) is 11.3 Å². The Morgan fingerprint density at radius 3 is 2.71 bits per heavy atom. The summed E-state index contributed by atoms with van der Waals surface area (Å²) in [6.45, 7) is 4.55. The summed E-state index contributed by atoms with van der Waals surface area (Å²) in [5.74, 6) is 0.700. The topological polar surface area (TPSA) is 77.1 Å². The normalized spacial score (nSPS) is 11.1. The molecular formula is C21H22N6O. The van der Waals surface area contributed by atoms with E-state index in [2.05, 4.69) is 20.6 Å². The van der Waals surface area contributed by atoms with E-state index in [0.29, 0.717) is 24.9 Å². The third-order valence-corrected chi connectivity index (χ3v) is 4.75. The smallest absolute Gasteiger partial charge is 0.254 e. The summed E-state index contributed by atoms with van der Waals surface area (Å²) >= 11 is 0. The minimum absolute atomic E-state index is 0.121. The molecule has 0 radical (unpaired) electrons. The fraction of sp³-hybridized carbons (Fsp3) is 0.238. The quantitative estimate of drug-likeness (QED) is 0.563. The Morgan fingerprint density at radius 2 is 1.93 bits per heavy atom. The average Bonchev–Trinajstić information content (AvgIpc) is 3.33. The van der Waals surface area contributed by atoms with Crippen molar-refractivity contribution in [2.24, 2.45) is 0 Å². The van der Waals surface area contributed by atoms with Gasteiger partial charge in [-0.1, -0.05) is 30.7 Å². The van der Waals surface area contributed by atoms with E-state index >= 15 is 0 Å². The Kier molecular flexibility index (Phi) is 4.89. The van der Waals surface area contributed by atoms with E-state index in [-0.39, 0.29) is 5.91 Å². The SMILES string of the molecule is CCc1c(C(=O)NCCc2nnc3ccccn23)cnn1-c1ccc(C)cc1. The van der Waals surface area contributed by atoms with Crippen LogP contribution in [0.2, 0.25) is 0 Å². The molecule has 0 aliphatic rings. The summed E-state index contributed by atoms with van der Waals surface area (Å²) in [6, 6.07) is 13.9. The van der Waals surface area contributed by atoms with Crippen LogP contribution in [-0.2, 0) is 12.8 Å². The Hall–Kier alpha value is -3.48. The van der Waals surface area contributed by atoms with Crippen LogP contribution in [0.1, 0.15) is 34.4 Å². The second kappa shape index (κ2) is 7.64. The van der Waals surface area contributed by atoms with Crippen LogP contribution in [0, 0.1) is 6.92 Å². The molecule has 3 aromatic heterocycles. The number of fused-ring (bicyclic) bond motifs is 1. The van der Waals surface area contributed by atoms with Gasteiger partial charge in [-0.25, -0.2) is 4.68 Å². The van der Waals surface area contributed by atoms with Gasteiger partial charge in [0.25, 0.3) is 5.91 Å². The molecule has 1 aromatic carbocycles. The van der Waals surface area contributed by atoms with Gasteiger partial charge in [0.1, 0.15) is 5.82 Å². The molecule has 142 valence electrons. The monoisotopic (exact) mass is 374 g/mol. The summed E-state index contributed by atoms with van der Waals surface area (Å²) in [4.78, 5) is 12.7. The second-order valence-electron chi connectivity index (χ2n) is 6.66. The van der Waals surface area contributed by atoms with Gasteiger partial charge in [0, 0.05) is 19.2 Å². The lowest BCUT2D eigenvalue weighted by molar-refractivity contribution is 0.0953. The molecule has 0 spiro atoms. The molecule has 28 heavy (non-hydrogen) atoms. The lowest BCUT2D eigenvalue weighted by Gasteiger charge is -2.09. The van der Waals surface area contributed by atoms with Crippen molar-refractivity contribution in [2.75, 3.05) is 6.54 Å². The van der Waals surface area contributed by atoms with E-state index in [4.69, 9.17) is 0 Å². The third kappa shape index (κ3) is 3.38. The number of hydrogen-bond acceptors (Lipinski definition) is 4. The molecule has 0 aliphatic carbocycles. The van der Waals surface area contributed by atoms with Crippen LogP contribution in [0.3, 0.4) is 0 Å². The Morgan fingerprint density at radius 1 is 1.11 bits per heavy atom. The molecule has 0 fully saturated rings. The fourth-order valence-corrected chi connectivity index (χ4v) is 3.26. The van der Waals surface area contributed by atoms with E-state index in [0.717, 1.165) is 22.9 Å². The number of carbonyl (C=O) groups is 1. The molecule has 4 rings (SSSR count). The van der Waals surface area contributed by atoms with E-state index in [1.54, 1.807) is 6.20 Å². The molecule has 0 bridgehead atoms. The number of amides is 1. The van der Waals surface area contributed by atoms with Crippen LogP contribution in [-0.4, -0.2) is 36.8 Å². The van der Waals surface area contributed by atoms with Gasteiger partial charge in [-0.05, 0) is 37.6 Å². The molecule has 0 atom stereocenters. The lowest BCUT2D eigenvalue weighted by atomic mass is 10.1. The van der Waals surface area contributed by atoms with E-state index in [1.807, 2.05) is 71.6 Å². The molecular weight excluding hydrogens is 352 g/mol. The first kappa shape index (κ1) is 17.9. The largest absolute Gasteiger partial charge is 0.351 e. The highest BCUT2D eigenvalue weighted by atomic mass is 16.1. The van der Waals surface area contributed by atoms with Crippen molar-refractivity contribution in [3.8, 4) is 5.69 Å². The van der Waals surface area contributed by atoms with Crippen molar-refractivity contribution >= 4 is 11.6 Å². The number of nitrogens with zero attached hydrogens (tertiary/aromatic N) is 5. The predicted molar refractivity (Wildman–Crippen MR) is 107 cm³/mol. The minimum atomic E-state index is -0.121. The second-order valence-corrected chi connectivity index (χ2v) is 6.66. The number of nitrogens with one attached hydrogen (secondary N) is 1. The number of carbonyl (C=O) groups excluding carboxylic acids is 1. The van der Waals surface area contributed by atoms with Gasteiger partial charge in [-0.2, -0.15) is 5.10 Å². The molecule has 3 heterocycles. The van der Waals surface area contributed by atoms with Crippen LogP contribution in [0.4, 0.5) is 0 Å². The highest BCUT2D eigenvalue weighted by Crippen LogP contribution is 2.16. The zero-order valence-corrected chi connectivity index (χ0v) is 16.0. The van der Waals surface area contributed by atoms with Crippen molar-refractivity contribution in [1.29, 1.82) is 0 Å². The van der Waals surface area contributed by atoms with Gasteiger partial charge in [-0.15, -0.1) is 10.2 Å². The van der Waals surface area contributed by atoms with Crippen molar-refractivity contribution < 1.29 is 4.79 Å². The molecule has 0 saturated heterocycles. The summed E-state index contributed by atoms with van der Waals surface area (Å²) in [7, 11) is 0. The molecule has 0 unspecified atom stereocenters. The Balaban J connectivity index is 1.47. The predicted octanol–water partition coefficient (Wildman–Crippen LogP) is 2.76. The summed E-state index contributed by atoms with van der Waals surface area (Å²) < 4.78 is 3.76. The average molecular weight is 374 g/mol. The zero-order chi connectivity index (χ0) is 19.5. The Bertz CT molecular complexity index is 1110. The van der Waals surface area contributed by atoms with Gasteiger partial charge >= 0.3 is 0 Å². The summed E-state index contributed by atoms with van der Waals surface area (Å²) in [6.07, 6.45) is 4.88. The molecule has 7 nitrogen and oxygen atoms in total. The van der Waals surface area contributed by atoms with Crippen LogP contribution < -0.4 is 5.32 Å². The number of hydrogen-bond donors (Lipinski definition) is 1. The first-order chi connectivity index (χ1) is 13.7. The standard InChI is InChI=1S/C21H22N6O/c1-3-18-17(14-23-27(18)16-9-7-15(2)8-10-16)21(28)22-12-11-20-25-24-19-6-4-5-13-26(19)20/h4-10,13-14H,3,11-12H2,1-2H3,(H,22,28). The van der Waals surface area contributed by atoms with Gasteiger partial charge in [0.05, 0.1) is 23.1 Å². The highest BCUT2D eigenvalue weighted by Gasteiger charge is 2.17. The van der Waals surface area contributed by atoms with Crippen molar-refractivity contribution in [3.05, 3.63) is 77.5 Å². The summed E-state index contributed by atoms with van der Waals surface area (Å²) in [5, 5.41) is 15.7. The van der Waals surface area contributed by atoms with Gasteiger partial charge in [0.2, 0.25) is 0 Å². The lowest BCUT2D eigenvalue weighted by Crippen LogP contribution is -2.27. The van der Waals surface area contributed by atoms with E-state index in [9.17, 15) is 4.79 Å². The van der Waals surface area contributed by atoms with Crippen LogP contribution in [0.15, 0.2) is 54.9 Å². The first-order valence-corrected chi connectivity index (χ1v) is 9.38. The molecule has 1 amide bonds. The van der Waals surface area contributed by atoms with Crippen LogP contribution in [0.5, 0.6) is 0 Å². The van der Waals surface area contributed by atoms with E-state index < -0.39 is 0 Å². The molecule has 7 heteroatoms. The molecule has 0 aliphatic heterocycles. The van der Waals surface area contributed by atoms with Gasteiger partial charge < -0.3 is 5.32 Å². The first-order valence-electron chi connectivity index (χ1n) is 9.38. The fourth-order valence-electron chi connectivity index (χ4n) is 3.26. The van der Waals surface area contributed by atoms with Gasteiger partial charge in [-0.3, -0.25) is 9.20 Å². The van der Waals surface area contributed by atoms with Crippen molar-refractivity contribution in [3.63, 3.8) is 0 Å².